The van der Waals surface area contributed by atoms with Gasteiger partial charge in [0, 0.05) is 19.5 Å². The van der Waals surface area contributed by atoms with E-state index in [-0.39, 0.29) is 17.8 Å². The quantitative estimate of drug-likeness (QED) is 0.378. The average Bonchev–Trinajstić information content (AvgIpc) is 2.58. The molecule has 1 atom stereocenters. The van der Waals surface area contributed by atoms with Gasteiger partial charge in [-0.3, -0.25) is 9.59 Å². The molecule has 0 bridgehead atoms. The van der Waals surface area contributed by atoms with Crippen LogP contribution in [0.4, 0.5) is 0 Å². The number of esters is 1. The lowest BCUT2D eigenvalue weighted by atomic mass is 10.1. The normalized spacial score (nSPS) is 11.4. The molecular weight excluding hydrogens is 294 g/mol. The maximum Gasteiger partial charge on any atom is 0.310 e. The zero-order valence-electron chi connectivity index (χ0n) is 13.9. The summed E-state index contributed by atoms with van der Waals surface area (Å²) >= 11 is 0. The number of hydrogen-bond acceptors (Lipinski definition) is 4. The van der Waals surface area contributed by atoms with Gasteiger partial charge in [0.25, 0.3) is 0 Å². The molecule has 1 rings (SSSR count). The lowest BCUT2D eigenvalue weighted by Gasteiger charge is -2.23. The number of carbonyl (C=O) groups is 2. The van der Waals surface area contributed by atoms with Crippen molar-refractivity contribution < 1.29 is 19.1 Å². The Balaban J connectivity index is 2.38. The van der Waals surface area contributed by atoms with Crippen molar-refractivity contribution in [1.29, 1.82) is 0 Å². The van der Waals surface area contributed by atoms with E-state index in [0.29, 0.717) is 32.5 Å². The van der Waals surface area contributed by atoms with Crippen LogP contribution in [0.5, 0.6) is 5.75 Å². The molecule has 126 valence electrons. The molecule has 0 spiro atoms. The fraction of sp³-hybridized carbons (Fsp3) is 0.444. The number of amides is 1. The summed E-state index contributed by atoms with van der Waals surface area (Å²) in [6, 6.07) is 9.49. The highest BCUT2D eigenvalue weighted by atomic mass is 16.5. The molecule has 1 unspecified atom stereocenters. The summed E-state index contributed by atoms with van der Waals surface area (Å²) in [7, 11) is 1.35. The summed E-state index contributed by atoms with van der Waals surface area (Å²) in [4.78, 5) is 25.4. The van der Waals surface area contributed by atoms with Crippen LogP contribution in [-0.4, -0.2) is 43.6 Å². The number of nitrogens with zero attached hydrogens (tertiary/aromatic N) is 1. The second-order valence-electron chi connectivity index (χ2n) is 5.28. The molecule has 0 saturated heterocycles. The molecule has 0 heterocycles. The van der Waals surface area contributed by atoms with E-state index >= 15 is 0 Å². The summed E-state index contributed by atoms with van der Waals surface area (Å²) < 4.78 is 10.3. The largest absolute Gasteiger partial charge is 0.494 e. The van der Waals surface area contributed by atoms with Gasteiger partial charge >= 0.3 is 5.97 Å². The van der Waals surface area contributed by atoms with Crippen LogP contribution in [0, 0.1) is 5.92 Å². The van der Waals surface area contributed by atoms with Crippen LogP contribution < -0.4 is 4.74 Å². The Morgan fingerprint density at radius 1 is 1.30 bits per heavy atom. The van der Waals surface area contributed by atoms with Crippen molar-refractivity contribution in [2.45, 2.75) is 19.8 Å². The van der Waals surface area contributed by atoms with Crippen molar-refractivity contribution >= 4 is 11.9 Å². The van der Waals surface area contributed by atoms with Gasteiger partial charge in [0.2, 0.25) is 5.91 Å². The fourth-order valence-corrected chi connectivity index (χ4v) is 2.13. The Hall–Kier alpha value is -2.30. The molecule has 0 aromatic heterocycles. The fourth-order valence-electron chi connectivity index (χ4n) is 2.13. The predicted molar refractivity (Wildman–Crippen MR) is 89.1 cm³/mol. The minimum absolute atomic E-state index is 0.0164. The van der Waals surface area contributed by atoms with Gasteiger partial charge in [0.05, 0.1) is 19.6 Å². The molecular formula is C18H25NO4. The molecule has 0 fully saturated rings. The van der Waals surface area contributed by atoms with E-state index in [9.17, 15) is 9.59 Å². The van der Waals surface area contributed by atoms with Gasteiger partial charge < -0.3 is 14.4 Å². The van der Waals surface area contributed by atoms with Crippen molar-refractivity contribution in [2.75, 3.05) is 26.8 Å². The van der Waals surface area contributed by atoms with E-state index in [0.717, 1.165) is 5.75 Å². The Bertz CT molecular complexity index is 501. The number of ether oxygens (including phenoxy) is 2. The standard InChI is InChI=1S/C18H25NO4/c1-4-12-19(14-15(2)18(21)22-3)17(20)11-8-13-23-16-9-6-5-7-10-16/h4-7,9-10,15H,1,8,11-14H2,2-3H3. The molecule has 0 saturated carbocycles. The maximum atomic E-state index is 12.3. The SMILES string of the molecule is C=CCN(CC(C)C(=O)OC)C(=O)CCCOc1ccccc1. The van der Waals surface area contributed by atoms with Gasteiger partial charge in [-0.2, -0.15) is 0 Å². The van der Waals surface area contributed by atoms with Crippen LogP contribution in [-0.2, 0) is 14.3 Å². The van der Waals surface area contributed by atoms with Crippen LogP contribution in [0.25, 0.3) is 0 Å². The predicted octanol–water partition coefficient (Wildman–Crippen LogP) is 2.67. The second-order valence-corrected chi connectivity index (χ2v) is 5.28. The lowest BCUT2D eigenvalue weighted by Crippen LogP contribution is -2.37. The molecule has 0 radical (unpaired) electrons. The van der Waals surface area contributed by atoms with Crippen molar-refractivity contribution in [3.05, 3.63) is 43.0 Å². The van der Waals surface area contributed by atoms with Gasteiger partial charge in [-0.25, -0.2) is 0 Å². The second kappa shape index (κ2) is 10.4. The monoisotopic (exact) mass is 319 g/mol. The van der Waals surface area contributed by atoms with Crippen LogP contribution in [0.2, 0.25) is 0 Å². The lowest BCUT2D eigenvalue weighted by molar-refractivity contribution is -0.146. The first-order chi connectivity index (χ1) is 11.1. The molecule has 1 aromatic carbocycles. The van der Waals surface area contributed by atoms with Gasteiger partial charge in [-0.05, 0) is 18.6 Å². The number of hydrogen-bond donors (Lipinski definition) is 0. The zero-order chi connectivity index (χ0) is 17.1. The molecule has 5 nitrogen and oxygen atoms in total. The van der Waals surface area contributed by atoms with E-state index in [1.165, 1.54) is 7.11 Å². The smallest absolute Gasteiger partial charge is 0.310 e. The number of methoxy groups -OCH3 is 1. The van der Waals surface area contributed by atoms with E-state index in [1.807, 2.05) is 30.3 Å². The van der Waals surface area contributed by atoms with Crippen molar-refractivity contribution in [1.82, 2.24) is 4.90 Å². The van der Waals surface area contributed by atoms with Crippen molar-refractivity contribution in [3.63, 3.8) is 0 Å². The molecule has 5 heteroatoms. The third-order valence-corrected chi connectivity index (χ3v) is 3.35. The Labute approximate surface area is 137 Å². The molecule has 0 aliphatic heterocycles. The van der Waals surface area contributed by atoms with Crippen LogP contribution >= 0.6 is 0 Å². The van der Waals surface area contributed by atoms with Gasteiger partial charge in [0.15, 0.2) is 0 Å². The summed E-state index contributed by atoms with van der Waals surface area (Å²) in [6.07, 6.45) is 2.64. The third-order valence-electron chi connectivity index (χ3n) is 3.35. The summed E-state index contributed by atoms with van der Waals surface area (Å²) in [5.74, 6) is 0.100. The Morgan fingerprint density at radius 2 is 2.00 bits per heavy atom. The first-order valence-corrected chi connectivity index (χ1v) is 7.72. The van der Waals surface area contributed by atoms with Crippen LogP contribution in [0.1, 0.15) is 19.8 Å². The molecule has 0 aliphatic carbocycles. The minimum Gasteiger partial charge on any atom is -0.494 e. The minimum atomic E-state index is -0.357. The summed E-state index contributed by atoms with van der Waals surface area (Å²) in [5, 5.41) is 0. The highest BCUT2D eigenvalue weighted by Crippen LogP contribution is 2.10. The topological polar surface area (TPSA) is 55.8 Å². The Kier molecular flexibility index (Phi) is 8.50. The first kappa shape index (κ1) is 18.7. The third kappa shape index (κ3) is 7.00. The summed E-state index contributed by atoms with van der Waals surface area (Å²) in [5.41, 5.74) is 0. The maximum absolute atomic E-state index is 12.3. The van der Waals surface area contributed by atoms with E-state index in [1.54, 1.807) is 17.9 Å². The number of para-hydroxylation sites is 1. The Morgan fingerprint density at radius 3 is 2.61 bits per heavy atom. The van der Waals surface area contributed by atoms with E-state index < -0.39 is 0 Å². The van der Waals surface area contributed by atoms with Gasteiger partial charge in [-0.1, -0.05) is 31.2 Å². The van der Waals surface area contributed by atoms with Gasteiger partial charge in [0.1, 0.15) is 5.75 Å². The molecule has 23 heavy (non-hydrogen) atoms. The summed E-state index contributed by atoms with van der Waals surface area (Å²) in [6.45, 7) is 6.62. The molecule has 0 aliphatic rings. The van der Waals surface area contributed by atoms with Crippen molar-refractivity contribution in [3.8, 4) is 5.75 Å². The van der Waals surface area contributed by atoms with E-state index in [4.69, 9.17) is 9.47 Å². The molecule has 0 N–H and O–H groups in total. The van der Waals surface area contributed by atoms with Crippen LogP contribution in [0.15, 0.2) is 43.0 Å². The number of carbonyl (C=O) groups excluding carboxylic acids is 2. The number of benzene rings is 1. The molecule has 1 amide bonds. The zero-order valence-corrected chi connectivity index (χ0v) is 13.9. The van der Waals surface area contributed by atoms with Gasteiger partial charge in [-0.15, -0.1) is 6.58 Å². The van der Waals surface area contributed by atoms with Crippen molar-refractivity contribution in [2.24, 2.45) is 5.92 Å². The number of rotatable bonds is 10. The first-order valence-electron chi connectivity index (χ1n) is 7.72. The highest BCUT2D eigenvalue weighted by molar-refractivity contribution is 5.78. The van der Waals surface area contributed by atoms with Crippen LogP contribution in [0.3, 0.4) is 0 Å². The molecule has 1 aromatic rings. The van der Waals surface area contributed by atoms with E-state index in [2.05, 4.69) is 6.58 Å². The average molecular weight is 319 g/mol. The highest BCUT2D eigenvalue weighted by Gasteiger charge is 2.20.